The fourth-order valence-electron chi connectivity index (χ4n) is 3.65. The third kappa shape index (κ3) is 4.50. The van der Waals surface area contributed by atoms with E-state index in [9.17, 15) is 9.90 Å². The molecule has 0 spiro atoms. The number of hydrogen-bond acceptors (Lipinski definition) is 5. The Labute approximate surface area is 169 Å². The summed E-state index contributed by atoms with van der Waals surface area (Å²) in [5.74, 6) is -0.163. The number of nitrogens with zero attached hydrogens (tertiary/aromatic N) is 3. The first kappa shape index (κ1) is 19.2. The van der Waals surface area contributed by atoms with Gasteiger partial charge in [-0.1, -0.05) is 42.5 Å². The molecule has 148 valence electrons. The van der Waals surface area contributed by atoms with Gasteiger partial charge in [0.05, 0.1) is 17.9 Å². The average Bonchev–Trinajstić information content (AvgIpc) is 2.74. The number of carboxylic acid groups (broad SMARTS) is 1. The van der Waals surface area contributed by atoms with E-state index in [4.69, 9.17) is 4.74 Å². The number of rotatable bonds is 5. The average molecular weight is 389 g/mol. The standard InChI is InChI=1S/C23H23N3O3/c1-16-24-11-10-21(25-16)22-15-26(12-13-29-22)14-17-6-8-18(9-7-17)19-4-2-3-5-20(19)23(27)28/h2-11,22H,12-15H2,1H3,(H,27,28)/t22-/m1/s1. The molecular weight excluding hydrogens is 366 g/mol. The molecule has 2 aromatic carbocycles. The number of benzene rings is 2. The minimum atomic E-state index is -0.913. The van der Waals surface area contributed by atoms with Gasteiger partial charge in [-0.2, -0.15) is 0 Å². The van der Waals surface area contributed by atoms with Crippen LogP contribution in [-0.4, -0.2) is 45.6 Å². The summed E-state index contributed by atoms with van der Waals surface area (Å²) in [6.07, 6.45) is 1.72. The number of aromatic carboxylic acids is 1. The van der Waals surface area contributed by atoms with Gasteiger partial charge in [0, 0.05) is 25.8 Å². The molecule has 29 heavy (non-hydrogen) atoms. The van der Waals surface area contributed by atoms with Crippen molar-refractivity contribution in [3.8, 4) is 11.1 Å². The Hall–Kier alpha value is -3.09. The summed E-state index contributed by atoms with van der Waals surface area (Å²) in [7, 11) is 0. The third-order valence-electron chi connectivity index (χ3n) is 5.11. The van der Waals surface area contributed by atoms with Gasteiger partial charge < -0.3 is 9.84 Å². The lowest BCUT2D eigenvalue weighted by molar-refractivity contribution is -0.0351. The zero-order chi connectivity index (χ0) is 20.2. The van der Waals surface area contributed by atoms with Crippen LogP contribution in [0.5, 0.6) is 0 Å². The molecule has 0 radical (unpaired) electrons. The molecule has 6 heteroatoms. The number of morpholine rings is 1. The molecular formula is C23H23N3O3. The van der Waals surface area contributed by atoms with E-state index in [0.717, 1.165) is 42.3 Å². The van der Waals surface area contributed by atoms with Crippen LogP contribution in [0.4, 0.5) is 0 Å². The first-order valence-electron chi connectivity index (χ1n) is 9.65. The number of carbonyl (C=O) groups is 1. The van der Waals surface area contributed by atoms with Gasteiger partial charge >= 0.3 is 5.97 Å². The summed E-state index contributed by atoms with van der Waals surface area (Å²) < 4.78 is 5.91. The highest BCUT2D eigenvalue weighted by atomic mass is 16.5. The summed E-state index contributed by atoms with van der Waals surface area (Å²) in [5, 5.41) is 9.41. The summed E-state index contributed by atoms with van der Waals surface area (Å²) in [6.45, 7) is 5.00. The second-order valence-corrected chi connectivity index (χ2v) is 7.17. The van der Waals surface area contributed by atoms with Crippen molar-refractivity contribution in [1.82, 2.24) is 14.9 Å². The van der Waals surface area contributed by atoms with Gasteiger partial charge in [-0.3, -0.25) is 4.90 Å². The molecule has 0 bridgehead atoms. The van der Waals surface area contributed by atoms with Gasteiger partial charge in [-0.15, -0.1) is 0 Å². The van der Waals surface area contributed by atoms with E-state index in [1.54, 1.807) is 18.3 Å². The zero-order valence-corrected chi connectivity index (χ0v) is 16.3. The number of hydrogen-bond donors (Lipinski definition) is 1. The van der Waals surface area contributed by atoms with Gasteiger partial charge in [0.1, 0.15) is 11.9 Å². The molecule has 1 aromatic heterocycles. The van der Waals surface area contributed by atoms with E-state index in [1.165, 1.54) is 5.56 Å². The highest BCUT2D eigenvalue weighted by Gasteiger charge is 2.23. The molecule has 3 aromatic rings. The maximum absolute atomic E-state index is 11.5. The van der Waals surface area contributed by atoms with Gasteiger partial charge in [0.15, 0.2) is 0 Å². The first-order chi connectivity index (χ1) is 14.1. The van der Waals surface area contributed by atoms with E-state index >= 15 is 0 Å². The fourth-order valence-corrected chi connectivity index (χ4v) is 3.65. The molecule has 0 amide bonds. The van der Waals surface area contributed by atoms with Crippen LogP contribution in [-0.2, 0) is 11.3 Å². The Balaban J connectivity index is 1.46. The topological polar surface area (TPSA) is 75.6 Å². The summed E-state index contributed by atoms with van der Waals surface area (Å²) >= 11 is 0. The van der Waals surface area contributed by atoms with Crippen LogP contribution in [0.25, 0.3) is 11.1 Å². The first-order valence-corrected chi connectivity index (χ1v) is 9.65. The minimum absolute atomic E-state index is 0.0489. The molecule has 1 N–H and O–H groups in total. The van der Waals surface area contributed by atoms with Crippen LogP contribution in [0.2, 0.25) is 0 Å². The van der Waals surface area contributed by atoms with Crippen LogP contribution >= 0.6 is 0 Å². The second kappa shape index (κ2) is 8.51. The van der Waals surface area contributed by atoms with Crippen molar-refractivity contribution in [3.63, 3.8) is 0 Å². The van der Waals surface area contributed by atoms with E-state index in [-0.39, 0.29) is 6.10 Å². The van der Waals surface area contributed by atoms with Crippen LogP contribution in [0, 0.1) is 6.92 Å². The van der Waals surface area contributed by atoms with Gasteiger partial charge in [-0.25, -0.2) is 14.8 Å². The van der Waals surface area contributed by atoms with Crippen LogP contribution < -0.4 is 0 Å². The Morgan fingerprint density at radius 2 is 1.97 bits per heavy atom. The van der Waals surface area contributed by atoms with Gasteiger partial charge in [0.2, 0.25) is 0 Å². The predicted molar refractivity (Wildman–Crippen MR) is 110 cm³/mol. The largest absolute Gasteiger partial charge is 0.478 e. The molecule has 1 fully saturated rings. The van der Waals surface area contributed by atoms with Crippen LogP contribution in [0.1, 0.15) is 33.5 Å². The molecule has 0 unspecified atom stereocenters. The third-order valence-corrected chi connectivity index (χ3v) is 5.11. The Bertz CT molecular complexity index is 1000. The van der Waals surface area contributed by atoms with E-state index < -0.39 is 5.97 Å². The van der Waals surface area contributed by atoms with Crippen molar-refractivity contribution in [3.05, 3.63) is 83.4 Å². The quantitative estimate of drug-likeness (QED) is 0.717. The molecule has 2 heterocycles. The van der Waals surface area contributed by atoms with Crippen molar-refractivity contribution in [2.24, 2.45) is 0 Å². The lowest BCUT2D eigenvalue weighted by atomic mass is 9.98. The molecule has 1 saturated heterocycles. The van der Waals surface area contributed by atoms with Crippen LogP contribution in [0.3, 0.4) is 0 Å². The second-order valence-electron chi connectivity index (χ2n) is 7.17. The van der Waals surface area contributed by atoms with Crippen molar-refractivity contribution in [2.45, 2.75) is 19.6 Å². The highest BCUT2D eigenvalue weighted by molar-refractivity contribution is 5.95. The maximum atomic E-state index is 11.5. The lowest BCUT2D eigenvalue weighted by Crippen LogP contribution is -2.38. The molecule has 1 aliphatic heterocycles. The molecule has 1 aliphatic rings. The number of carboxylic acids is 1. The minimum Gasteiger partial charge on any atom is -0.478 e. The Morgan fingerprint density at radius 1 is 1.17 bits per heavy atom. The monoisotopic (exact) mass is 389 g/mol. The van der Waals surface area contributed by atoms with Crippen molar-refractivity contribution < 1.29 is 14.6 Å². The van der Waals surface area contributed by atoms with Crippen molar-refractivity contribution in [1.29, 1.82) is 0 Å². The summed E-state index contributed by atoms with van der Waals surface area (Å²) in [5.41, 5.74) is 4.06. The Morgan fingerprint density at radius 3 is 2.72 bits per heavy atom. The Kier molecular flexibility index (Phi) is 5.64. The molecule has 1 atom stereocenters. The smallest absolute Gasteiger partial charge is 0.336 e. The normalized spacial score (nSPS) is 17.2. The van der Waals surface area contributed by atoms with Crippen LogP contribution in [0.15, 0.2) is 60.8 Å². The number of aryl methyl sites for hydroxylation is 1. The molecule has 0 saturated carbocycles. The van der Waals surface area contributed by atoms with Crippen molar-refractivity contribution >= 4 is 5.97 Å². The van der Waals surface area contributed by atoms with Crippen molar-refractivity contribution in [2.75, 3.05) is 19.7 Å². The van der Waals surface area contributed by atoms with Gasteiger partial charge in [-0.05, 0) is 35.7 Å². The number of ether oxygens (including phenoxy) is 1. The van der Waals surface area contributed by atoms with Gasteiger partial charge in [0.25, 0.3) is 0 Å². The van der Waals surface area contributed by atoms with E-state index in [1.807, 2.05) is 37.3 Å². The lowest BCUT2D eigenvalue weighted by Gasteiger charge is -2.32. The zero-order valence-electron chi connectivity index (χ0n) is 16.3. The maximum Gasteiger partial charge on any atom is 0.336 e. The molecule has 4 rings (SSSR count). The SMILES string of the molecule is Cc1nccc([C@H]2CN(Cc3ccc(-c4ccccc4C(=O)O)cc3)CCO2)n1. The highest BCUT2D eigenvalue weighted by Crippen LogP contribution is 2.26. The predicted octanol–water partition coefficient (Wildman–Crippen LogP) is 3.72. The van der Waals surface area contributed by atoms with E-state index in [2.05, 4.69) is 27.0 Å². The van der Waals surface area contributed by atoms with E-state index in [0.29, 0.717) is 12.2 Å². The summed E-state index contributed by atoms with van der Waals surface area (Å²) in [6, 6.07) is 17.1. The fraction of sp³-hybridized carbons (Fsp3) is 0.261. The molecule has 6 nitrogen and oxygen atoms in total. The summed E-state index contributed by atoms with van der Waals surface area (Å²) in [4.78, 5) is 22.5. The number of aromatic nitrogens is 2. The molecule has 0 aliphatic carbocycles.